The SMILES string of the molecule is CCS(=O)(=O)N1CCC[C@@H](C(=O)NCc2ccc(S(=O)(=O)N(C)C)cc2)C1. The second kappa shape index (κ2) is 8.68. The lowest BCUT2D eigenvalue weighted by Crippen LogP contribution is -2.45. The van der Waals surface area contributed by atoms with Crippen molar-refractivity contribution in [3.63, 3.8) is 0 Å². The first-order chi connectivity index (χ1) is 12.6. The van der Waals surface area contributed by atoms with E-state index in [4.69, 9.17) is 0 Å². The van der Waals surface area contributed by atoms with Crippen LogP contribution in [0.1, 0.15) is 25.3 Å². The van der Waals surface area contributed by atoms with Crippen molar-refractivity contribution in [2.75, 3.05) is 32.9 Å². The van der Waals surface area contributed by atoms with Crippen molar-refractivity contribution < 1.29 is 21.6 Å². The number of amides is 1. The van der Waals surface area contributed by atoms with E-state index in [1.165, 1.54) is 30.5 Å². The minimum atomic E-state index is -3.48. The Morgan fingerprint density at radius 3 is 2.37 bits per heavy atom. The van der Waals surface area contributed by atoms with Crippen molar-refractivity contribution in [3.8, 4) is 0 Å². The second-order valence-electron chi connectivity index (χ2n) is 6.75. The summed E-state index contributed by atoms with van der Waals surface area (Å²) in [5, 5.41) is 2.82. The van der Waals surface area contributed by atoms with E-state index in [1.807, 2.05) is 0 Å². The Kier molecular flexibility index (Phi) is 7.01. The van der Waals surface area contributed by atoms with Crippen LogP contribution in [0.2, 0.25) is 0 Å². The number of piperidine rings is 1. The highest BCUT2D eigenvalue weighted by atomic mass is 32.2. The molecule has 1 aromatic rings. The predicted molar refractivity (Wildman–Crippen MR) is 103 cm³/mol. The van der Waals surface area contributed by atoms with Crippen molar-refractivity contribution in [1.29, 1.82) is 0 Å². The van der Waals surface area contributed by atoms with Gasteiger partial charge in [0.1, 0.15) is 0 Å². The van der Waals surface area contributed by atoms with Crippen LogP contribution < -0.4 is 5.32 Å². The first-order valence-corrected chi connectivity index (χ1v) is 11.9. The van der Waals surface area contributed by atoms with E-state index < -0.39 is 20.0 Å². The number of hydrogen-bond acceptors (Lipinski definition) is 5. The predicted octanol–water partition coefficient (Wildman–Crippen LogP) is 0.615. The zero-order valence-corrected chi connectivity index (χ0v) is 17.5. The number of carbonyl (C=O) groups excluding carboxylic acids is 1. The summed E-state index contributed by atoms with van der Waals surface area (Å²) in [6, 6.07) is 6.33. The van der Waals surface area contributed by atoms with Gasteiger partial charge in [-0.1, -0.05) is 12.1 Å². The van der Waals surface area contributed by atoms with Crippen molar-refractivity contribution in [2.45, 2.75) is 31.2 Å². The number of hydrogen-bond donors (Lipinski definition) is 1. The molecule has 1 aliphatic heterocycles. The van der Waals surface area contributed by atoms with E-state index in [1.54, 1.807) is 19.1 Å². The molecular formula is C17H27N3O5S2. The molecule has 0 aromatic heterocycles. The molecule has 0 saturated carbocycles. The highest BCUT2D eigenvalue weighted by Gasteiger charge is 2.31. The number of benzene rings is 1. The molecule has 1 heterocycles. The smallest absolute Gasteiger partial charge is 0.242 e. The number of nitrogens with zero attached hydrogens (tertiary/aromatic N) is 2. The lowest BCUT2D eigenvalue weighted by Gasteiger charge is -2.30. The molecule has 0 radical (unpaired) electrons. The molecule has 0 unspecified atom stereocenters. The Morgan fingerprint density at radius 2 is 1.81 bits per heavy atom. The third kappa shape index (κ3) is 5.28. The molecule has 2 rings (SSSR count). The van der Waals surface area contributed by atoms with Crippen molar-refractivity contribution in [2.24, 2.45) is 5.92 Å². The monoisotopic (exact) mass is 417 g/mol. The molecule has 0 aliphatic carbocycles. The maximum Gasteiger partial charge on any atom is 0.242 e. The summed E-state index contributed by atoms with van der Waals surface area (Å²) in [6.45, 7) is 2.53. The number of rotatable bonds is 7. The Balaban J connectivity index is 1.95. The zero-order valence-electron chi connectivity index (χ0n) is 15.9. The van der Waals surface area contributed by atoms with E-state index in [0.29, 0.717) is 19.4 Å². The van der Waals surface area contributed by atoms with Gasteiger partial charge >= 0.3 is 0 Å². The van der Waals surface area contributed by atoms with Crippen LogP contribution >= 0.6 is 0 Å². The molecule has 8 nitrogen and oxygen atoms in total. The maximum atomic E-state index is 12.4. The number of carbonyl (C=O) groups is 1. The Hall–Kier alpha value is -1.49. The van der Waals surface area contributed by atoms with Gasteiger partial charge in [-0.2, -0.15) is 0 Å². The van der Waals surface area contributed by atoms with Gasteiger partial charge < -0.3 is 5.32 Å². The first kappa shape index (κ1) is 21.8. The van der Waals surface area contributed by atoms with E-state index in [9.17, 15) is 21.6 Å². The van der Waals surface area contributed by atoms with Crippen molar-refractivity contribution in [1.82, 2.24) is 13.9 Å². The van der Waals surface area contributed by atoms with Gasteiger partial charge in [0, 0.05) is 33.7 Å². The first-order valence-electron chi connectivity index (χ1n) is 8.85. The molecule has 1 atom stereocenters. The summed E-state index contributed by atoms with van der Waals surface area (Å²) in [5.74, 6) is -0.520. The largest absolute Gasteiger partial charge is 0.352 e. The molecule has 27 heavy (non-hydrogen) atoms. The van der Waals surface area contributed by atoms with Gasteiger partial charge in [-0.25, -0.2) is 25.4 Å². The molecular weight excluding hydrogens is 390 g/mol. The van der Waals surface area contributed by atoms with Crippen LogP contribution in [0.5, 0.6) is 0 Å². The molecule has 0 spiro atoms. The Labute approximate surface area is 161 Å². The van der Waals surface area contributed by atoms with Gasteiger partial charge in [0.2, 0.25) is 26.0 Å². The third-order valence-electron chi connectivity index (χ3n) is 4.68. The molecule has 0 bridgehead atoms. The van der Waals surface area contributed by atoms with Crippen LogP contribution in [0.3, 0.4) is 0 Å². The fourth-order valence-electron chi connectivity index (χ4n) is 2.92. The molecule has 1 saturated heterocycles. The minimum absolute atomic E-state index is 0.0313. The average molecular weight is 418 g/mol. The van der Waals surface area contributed by atoms with Crippen LogP contribution in [-0.2, 0) is 31.4 Å². The van der Waals surface area contributed by atoms with Gasteiger partial charge in [-0.05, 0) is 37.5 Å². The lowest BCUT2D eigenvalue weighted by molar-refractivity contribution is -0.126. The number of sulfonamides is 2. The summed E-state index contributed by atoms with van der Waals surface area (Å²) in [6.07, 6.45) is 1.32. The fraction of sp³-hybridized carbons (Fsp3) is 0.588. The highest BCUT2D eigenvalue weighted by molar-refractivity contribution is 7.89. The van der Waals surface area contributed by atoms with Crippen LogP contribution in [-0.4, -0.2) is 64.3 Å². The summed E-state index contributed by atoms with van der Waals surface area (Å²) in [5.41, 5.74) is 0.773. The van der Waals surface area contributed by atoms with Crippen LogP contribution in [0.25, 0.3) is 0 Å². The summed E-state index contributed by atoms with van der Waals surface area (Å²) >= 11 is 0. The van der Waals surface area contributed by atoms with E-state index in [-0.39, 0.29) is 35.6 Å². The molecule has 1 fully saturated rings. The van der Waals surface area contributed by atoms with E-state index in [0.717, 1.165) is 9.87 Å². The standard InChI is InChI=1S/C17H27N3O5S2/c1-4-26(22,23)20-11-5-6-15(13-20)17(21)18-12-14-7-9-16(10-8-14)27(24,25)19(2)3/h7-10,15H,4-6,11-13H2,1-3H3,(H,18,21)/t15-/m1/s1. The fourth-order valence-corrected chi connectivity index (χ4v) is 5.00. The van der Waals surface area contributed by atoms with Gasteiger partial charge in [0.25, 0.3) is 0 Å². The Morgan fingerprint density at radius 1 is 1.19 bits per heavy atom. The summed E-state index contributed by atoms with van der Waals surface area (Å²) in [7, 11) is -3.83. The molecule has 1 aromatic carbocycles. The Bertz CT molecular complexity index is 864. The zero-order chi connectivity index (χ0) is 20.2. The molecule has 10 heteroatoms. The highest BCUT2D eigenvalue weighted by Crippen LogP contribution is 2.20. The molecule has 152 valence electrons. The maximum absolute atomic E-state index is 12.4. The van der Waals surface area contributed by atoms with Crippen LogP contribution in [0, 0.1) is 5.92 Å². The van der Waals surface area contributed by atoms with E-state index in [2.05, 4.69) is 5.32 Å². The number of nitrogens with one attached hydrogen (secondary N) is 1. The van der Waals surface area contributed by atoms with Gasteiger partial charge in [-0.15, -0.1) is 0 Å². The van der Waals surface area contributed by atoms with E-state index >= 15 is 0 Å². The third-order valence-corrected chi connectivity index (χ3v) is 8.36. The summed E-state index contributed by atoms with van der Waals surface area (Å²) in [4.78, 5) is 12.6. The van der Waals surface area contributed by atoms with Crippen molar-refractivity contribution >= 4 is 26.0 Å². The van der Waals surface area contributed by atoms with Crippen LogP contribution in [0.15, 0.2) is 29.2 Å². The minimum Gasteiger partial charge on any atom is -0.352 e. The summed E-state index contributed by atoms with van der Waals surface area (Å²) < 4.78 is 50.7. The topological polar surface area (TPSA) is 104 Å². The normalized spacial score (nSPS) is 19.2. The van der Waals surface area contributed by atoms with Crippen molar-refractivity contribution in [3.05, 3.63) is 29.8 Å². The second-order valence-corrected chi connectivity index (χ2v) is 11.2. The average Bonchev–Trinajstić information content (AvgIpc) is 2.66. The van der Waals surface area contributed by atoms with Crippen LogP contribution in [0.4, 0.5) is 0 Å². The van der Waals surface area contributed by atoms with Gasteiger partial charge in [0.15, 0.2) is 0 Å². The molecule has 1 amide bonds. The molecule has 1 aliphatic rings. The molecule has 1 N–H and O–H groups in total. The van der Waals surface area contributed by atoms with Gasteiger partial charge in [-0.3, -0.25) is 4.79 Å². The quantitative estimate of drug-likeness (QED) is 0.700. The lowest BCUT2D eigenvalue weighted by atomic mass is 9.99. The van der Waals surface area contributed by atoms with Gasteiger partial charge in [0.05, 0.1) is 16.6 Å².